The summed E-state index contributed by atoms with van der Waals surface area (Å²) in [6, 6.07) is 5.31. The van der Waals surface area contributed by atoms with Gasteiger partial charge in [-0.05, 0) is 19.4 Å². The Morgan fingerprint density at radius 3 is 2.93 bits per heavy atom. The first-order valence-corrected chi connectivity index (χ1v) is 5.17. The summed E-state index contributed by atoms with van der Waals surface area (Å²) in [6.07, 6.45) is 1.21. The summed E-state index contributed by atoms with van der Waals surface area (Å²) in [6.45, 7) is 4.71. The van der Waals surface area contributed by atoms with Gasteiger partial charge >= 0.3 is 5.97 Å². The van der Waals surface area contributed by atoms with Crippen molar-refractivity contribution in [3.05, 3.63) is 18.2 Å². The van der Waals surface area contributed by atoms with Gasteiger partial charge in [-0.1, -0.05) is 13.0 Å². The lowest BCUT2D eigenvalue weighted by Gasteiger charge is -2.05. The number of nitrogens with zero attached hydrogens (tertiary/aromatic N) is 1. The number of pyridine rings is 1. The van der Waals surface area contributed by atoms with Gasteiger partial charge in [0.15, 0.2) is 0 Å². The lowest BCUT2D eigenvalue weighted by Crippen LogP contribution is -2.09. The van der Waals surface area contributed by atoms with Crippen molar-refractivity contribution in [2.45, 2.75) is 26.7 Å². The summed E-state index contributed by atoms with van der Waals surface area (Å²) < 4.78 is 5.05. The van der Waals surface area contributed by atoms with Gasteiger partial charge in [0.1, 0.15) is 5.82 Å². The first kappa shape index (κ1) is 11.5. The molecule has 0 unspecified atom stereocenters. The van der Waals surface area contributed by atoms with Crippen LogP contribution in [0.4, 0.5) is 5.82 Å². The number of esters is 1. The number of hydrogen-bond donors (Lipinski definition) is 1. The highest BCUT2D eigenvalue weighted by atomic mass is 16.5. The third-order valence-corrected chi connectivity index (χ3v) is 1.75. The Morgan fingerprint density at radius 2 is 2.27 bits per heavy atom. The fourth-order valence-corrected chi connectivity index (χ4v) is 1.12. The van der Waals surface area contributed by atoms with Crippen LogP contribution in [0.25, 0.3) is 0 Å². The topological polar surface area (TPSA) is 51.2 Å². The Bertz CT molecular complexity index is 326. The summed E-state index contributed by atoms with van der Waals surface area (Å²) in [5, 5.41) is 3.05. The molecule has 15 heavy (non-hydrogen) atoms. The predicted molar refractivity (Wildman–Crippen MR) is 58.9 cm³/mol. The largest absolute Gasteiger partial charge is 0.407 e. The Kier molecular flexibility index (Phi) is 4.60. The Morgan fingerprint density at radius 1 is 1.47 bits per heavy atom. The quantitative estimate of drug-likeness (QED) is 0.754. The van der Waals surface area contributed by atoms with Gasteiger partial charge in [0.2, 0.25) is 5.88 Å². The van der Waals surface area contributed by atoms with E-state index in [0.29, 0.717) is 12.3 Å². The van der Waals surface area contributed by atoms with Crippen LogP contribution in [-0.2, 0) is 4.79 Å². The first-order chi connectivity index (χ1) is 7.26. The molecule has 1 heterocycles. The third-order valence-electron chi connectivity index (χ3n) is 1.75. The van der Waals surface area contributed by atoms with Crippen molar-refractivity contribution in [3.8, 4) is 5.88 Å². The number of carbonyl (C=O) groups is 1. The maximum absolute atomic E-state index is 11.2. The van der Waals surface area contributed by atoms with Crippen molar-refractivity contribution in [2.75, 3.05) is 11.9 Å². The highest BCUT2D eigenvalue weighted by Crippen LogP contribution is 2.11. The van der Waals surface area contributed by atoms with Crippen LogP contribution < -0.4 is 10.1 Å². The molecule has 0 aliphatic heterocycles. The first-order valence-electron chi connectivity index (χ1n) is 5.17. The van der Waals surface area contributed by atoms with Gasteiger partial charge < -0.3 is 10.1 Å². The average Bonchev–Trinajstić information content (AvgIpc) is 2.19. The van der Waals surface area contributed by atoms with E-state index in [0.717, 1.165) is 18.8 Å². The monoisotopic (exact) mass is 208 g/mol. The van der Waals surface area contributed by atoms with Crippen LogP contribution >= 0.6 is 0 Å². The maximum atomic E-state index is 11.2. The lowest BCUT2D eigenvalue weighted by molar-refractivity contribution is -0.134. The second-order valence-electron chi connectivity index (χ2n) is 3.12. The average molecular weight is 208 g/mol. The summed E-state index contributed by atoms with van der Waals surface area (Å²) in [5.74, 6) is 0.838. The van der Waals surface area contributed by atoms with Crippen LogP contribution in [0, 0.1) is 0 Å². The van der Waals surface area contributed by atoms with Crippen molar-refractivity contribution in [3.63, 3.8) is 0 Å². The zero-order chi connectivity index (χ0) is 11.1. The van der Waals surface area contributed by atoms with Crippen molar-refractivity contribution >= 4 is 11.8 Å². The van der Waals surface area contributed by atoms with Crippen molar-refractivity contribution in [1.82, 2.24) is 4.98 Å². The van der Waals surface area contributed by atoms with Gasteiger partial charge in [-0.25, -0.2) is 0 Å². The highest BCUT2D eigenvalue weighted by molar-refractivity contribution is 5.71. The number of anilines is 1. The molecule has 0 bridgehead atoms. The van der Waals surface area contributed by atoms with Gasteiger partial charge in [0.25, 0.3) is 0 Å². The fraction of sp³-hybridized carbons (Fsp3) is 0.455. The standard InChI is InChI=1S/C11H16N2O2/c1-3-6-11(14)15-10-8-5-7-9(13-10)12-4-2/h5,7-8H,3-4,6H2,1-2H3,(H,12,13). The molecular formula is C11H16N2O2. The van der Waals surface area contributed by atoms with E-state index >= 15 is 0 Å². The minimum absolute atomic E-state index is 0.237. The summed E-state index contributed by atoms with van der Waals surface area (Å²) >= 11 is 0. The van der Waals surface area contributed by atoms with Gasteiger partial charge in [0, 0.05) is 19.0 Å². The summed E-state index contributed by atoms with van der Waals surface area (Å²) in [4.78, 5) is 15.3. The number of aromatic nitrogens is 1. The molecule has 0 aliphatic carbocycles. The molecule has 82 valence electrons. The van der Waals surface area contributed by atoms with Crippen molar-refractivity contribution in [1.29, 1.82) is 0 Å². The molecule has 0 radical (unpaired) electrons. The van der Waals surface area contributed by atoms with Crippen LogP contribution in [-0.4, -0.2) is 17.5 Å². The molecule has 0 atom stereocenters. The Hall–Kier alpha value is -1.58. The predicted octanol–water partition coefficient (Wildman–Crippen LogP) is 2.22. The van der Waals surface area contributed by atoms with Gasteiger partial charge in [-0.15, -0.1) is 0 Å². The van der Waals surface area contributed by atoms with E-state index < -0.39 is 0 Å². The minimum Gasteiger partial charge on any atom is -0.407 e. The van der Waals surface area contributed by atoms with E-state index in [-0.39, 0.29) is 5.97 Å². The highest BCUT2D eigenvalue weighted by Gasteiger charge is 2.04. The van der Waals surface area contributed by atoms with E-state index in [4.69, 9.17) is 4.74 Å². The lowest BCUT2D eigenvalue weighted by atomic mass is 10.3. The molecule has 1 N–H and O–H groups in total. The third kappa shape index (κ3) is 3.97. The number of rotatable bonds is 5. The van der Waals surface area contributed by atoms with Gasteiger partial charge in [0.05, 0.1) is 0 Å². The minimum atomic E-state index is -0.237. The molecule has 1 rings (SSSR count). The molecule has 0 spiro atoms. The number of nitrogens with one attached hydrogen (secondary N) is 1. The zero-order valence-electron chi connectivity index (χ0n) is 9.12. The van der Waals surface area contributed by atoms with Gasteiger partial charge in [-0.3, -0.25) is 4.79 Å². The van der Waals surface area contributed by atoms with Crippen LogP contribution in [0.5, 0.6) is 5.88 Å². The number of ether oxygens (including phenoxy) is 1. The molecular weight excluding hydrogens is 192 g/mol. The molecule has 0 aliphatic rings. The van der Waals surface area contributed by atoms with Gasteiger partial charge in [-0.2, -0.15) is 4.98 Å². The second kappa shape index (κ2) is 6.01. The van der Waals surface area contributed by atoms with Crippen molar-refractivity contribution in [2.24, 2.45) is 0 Å². The smallest absolute Gasteiger partial charge is 0.312 e. The van der Waals surface area contributed by atoms with Crippen LogP contribution in [0.1, 0.15) is 26.7 Å². The van der Waals surface area contributed by atoms with E-state index in [1.165, 1.54) is 0 Å². The second-order valence-corrected chi connectivity index (χ2v) is 3.12. The molecule has 1 aromatic rings. The van der Waals surface area contributed by atoms with E-state index in [9.17, 15) is 4.79 Å². The van der Waals surface area contributed by atoms with Crippen molar-refractivity contribution < 1.29 is 9.53 Å². The molecule has 0 amide bonds. The molecule has 0 saturated heterocycles. The van der Waals surface area contributed by atoms with E-state index in [1.807, 2.05) is 19.9 Å². The molecule has 0 aromatic carbocycles. The molecule has 4 nitrogen and oxygen atoms in total. The Balaban J connectivity index is 2.60. The summed E-state index contributed by atoms with van der Waals surface area (Å²) in [7, 11) is 0. The summed E-state index contributed by atoms with van der Waals surface area (Å²) in [5.41, 5.74) is 0. The van der Waals surface area contributed by atoms with E-state index in [1.54, 1.807) is 12.1 Å². The number of hydrogen-bond acceptors (Lipinski definition) is 4. The zero-order valence-corrected chi connectivity index (χ0v) is 9.12. The molecule has 4 heteroatoms. The normalized spacial score (nSPS) is 9.73. The van der Waals surface area contributed by atoms with Crippen LogP contribution in [0.3, 0.4) is 0 Å². The Labute approximate surface area is 89.7 Å². The van der Waals surface area contributed by atoms with Crippen LogP contribution in [0.2, 0.25) is 0 Å². The number of carbonyl (C=O) groups excluding carboxylic acids is 1. The molecule has 0 fully saturated rings. The molecule has 1 aromatic heterocycles. The molecule has 0 saturated carbocycles. The fourth-order valence-electron chi connectivity index (χ4n) is 1.12. The SMILES string of the molecule is CCCC(=O)Oc1cccc(NCC)n1. The van der Waals surface area contributed by atoms with E-state index in [2.05, 4.69) is 10.3 Å². The van der Waals surface area contributed by atoms with Crippen LogP contribution in [0.15, 0.2) is 18.2 Å². The maximum Gasteiger partial charge on any atom is 0.312 e.